The Morgan fingerprint density at radius 1 is 1.44 bits per heavy atom. The molecule has 3 nitrogen and oxygen atoms in total. The lowest BCUT2D eigenvalue weighted by molar-refractivity contribution is 0.136. The molecule has 0 aromatic carbocycles. The predicted octanol–water partition coefficient (Wildman–Crippen LogP) is 1.35. The molecule has 0 saturated carbocycles. The minimum absolute atomic E-state index is 1.08. The van der Waals surface area contributed by atoms with Crippen molar-refractivity contribution in [2.75, 3.05) is 39.9 Å². The number of piperazine rings is 1. The number of nitrogens with one attached hydrogen (secondary N) is 1. The van der Waals surface area contributed by atoms with Crippen LogP contribution in [0, 0.1) is 6.92 Å². The van der Waals surface area contributed by atoms with Crippen LogP contribution in [0.4, 0.5) is 0 Å². The molecule has 0 bridgehead atoms. The Morgan fingerprint density at radius 3 is 2.81 bits per heavy atom. The summed E-state index contributed by atoms with van der Waals surface area (Å²) in [6.07, 6.45) is 0. The van der Waals surface area contributed by atoms with E-state index in [4.69, 9.17) is 0 Å². The number of aryl methyl sites for hydroxylation is 1. The van der Waals surface area contributed by atoms with Crippen LogP contribution in [0.5, 0.6) is 0 Å². The Hall–Kier alpha value is -0.420. The van der Waals surface area contributed by atoms with Gasteiger partial charge in [0.1, 0.15) is 0 Å². The van der Waals surface area contributed by atoms with E-state index in [2.05, 4.69) is 40.5 Å². The van der Waals surface area contributed by atoms with Crippen molar-refractivity contribution < 1.29 is 0 Å². The molecule has 0 radical (unpaired) electrons. The molecule has 2 heterocycles. The van der Waals surface area contributed by atoms with Crippen molar-refractivity contribution >= 4 is 11.3 Å². The number of rotatable bonds is 4. The van der Waals surface area contributed by atoms with Crippen LogP contribution >= 0.6 is 11.3 Å². The van der Waals surface area contributed by atoms with Crippen LogP contribution in [0.25, 0.3) is 0 Å². The number of nitrogens with zero attached hydrogens (tertiary/aromatic N) is 2. The van der Waals surface area contributed by atoms with Crippen LogP contribution in [-0.2, 0) is 6.54 Å². The van der Waals surface area contributed by atoms with Gasteiger partial charge in [-0.05, 0) is 31.0 Å². The first-order chi connectivity index (χ1) is 7.75. The van der Waals surface area contributed by atoms with Crippen LogP contribution in [-0.4, -0.2) is 49.7 Å². The molecule has 1 fully saturated rings. The third-order valence-electron chi connectivity index (χ3n) is 3.03. The van der Waals surface area contributed by atoms with Gasteiger partial charge in [-0.1, -0.05) is 0 Å². The van der Waals surface area contributed by atoms with E-state index in [1.807, 2.05) is 11.3 Å². The molecule has 0 aliphatic carbocycles. The fraction of sp³-hybridized carbons (Fsp3) is 0.667. The van der Waals surface area contributed by atoms with Gasteiger partial charge >= 0.3 is 0 Å². The molecule has 1 aromatic rings. The van der Waals surface area contributed by atoms with Crippen LogP contribution in [0.3, 0.4) is 0 Å². The van der Waals surface area contributed by atoms with Crippen molar-refractivity contribution in [1.82, 2.24) is 15.1 Å². The fourth-order valence-electron chi connectivity index (χ4n) is 2.06. The lowest BCUT2D eigenvalue weighted by atomic mass is 10.3. The molecule has 1 aliphatic heterocycles. The van der Waals surface area contributed by atoms with E-state index >= 15 is 0 Å². The normalized spacial score (nSPS) is 18.2. The highest BCUT2D eigenvalue weighted by atomic mass is 32.1. The predicted molar refractivity (Wildman–Crippen MR) is 69.8 cm³/mol. The maximum absolute atomic E-state index is 3.38. The molecule has 0 atom stereocenters. The van der Waals surface area contributed by atoms with E-state index in [0.717, 1.165) is 26.3 Å². The zero-order valence-electron chi connectivity index (χ0n) is 10.2. The van der Waals surface area contributed by atoms with Gasteiger partial charge < -0.3 is 5.32 Å². The van der Waals surface area contributed by atoms with Crippen molar-refractivity contribution in [2.45, 2.75) is 13.5 Å². The van der Waals surface area contributed by atoms with Crippen molar-refractivity contribution in [2.24, 2.45) is 0 Å². The highest BCUT2D eigenvalue weighted by Gasteiger charge is 2.12. The van der Waals surface area contributed by atoms with Gasteiger partial charge in [-0.15, -0.1) is 11.3 Å². The number of hydrogen-bond donors (Lipinski definition) is 1. The molecule has 1 saturated heterocycles. The first-order valence-electron chi connectivity index (χ1n) is 5.90. The van der Waals surface area contributed by atoms with Gasteiger partial charge in [0.05, 0.1) is 6.67 Å². The zero-order valence-corrected chi connectivity index (χ0v) is 11.0. The van der Waals surface area contributed by atoms with Crippen molar-refractivity contribution in [3.05, 3.63) is 21.9 Å². The van der Waals surface area contributed by atoms with Gasteiger partial charge in [-0.2, -0.15) is 0 Å². The Balaban J connectivity index is 1.79. The topological polar surface area (TPSA) is 18.5 Å². The van der Waals surface area contributed by atoms with Gasteiger partial charge in [-0.25, -0.2) is 0 Å². The summed E-state index contributed by atoms with van der Waals surface area (Å²) in [5.41, 5.74) is 1.43. The number of thiophene rings is 1. The summed E-state index contributed by atoms with van der Waals surface area (Å²) in [6.45, 7) is 8.97. The largest absolute Gasteiger partial charge is 0.314 e. The molecular weight excluding hydrogens is 218 g/mol. The van der Waals surface area contributed by atoms with Crippen LogP contribution in [0.2, 0.25) is 0 Å². The van der Waals surface area contributed by atoms with Crippen LogP contribution < -0.4 is 5.32 Å². The summed E-state index contributed by atoms with van der Waals surface area (Å²) in [5.74, 6) is 0. The fourth-order valence-corrected chi connectivity index (χ4v) is 3.04. The Kier molecular flexibility index (Phi) is 4.35. The highest BCUT2D eigenvalue weighted by Crippen LogP contribution is 2.17. The molecule has 0 amide bonds. The molecule has 90 valence electrons. The molecule has 1 aromatic heterocycles. The Bertz CT molecular complexity index is 318. The summed E-state index contributed by atoms with van der Waals surface area (Å²) in [4.78, 5) is 6.42. The van der Waals surface area contributed by atoms with Gasteiger partial charge in [0.25, 0.3) is 0 Å². The second kappa shape index (κ2) is 5.77. The van der Waals surface area contributed by atoms with Gasteiger partial charge in [0.15, 0.2) is 0 Å². The quantitative estimate of drug-likeness (QED) is 0.856. The van der Waals surface area contributed by atoms with Crippen molar-refractivity contribution in [3.63, 3.8) is 0 Å². The van der Waals surface area contributed by atoms with E-state index in [0.29, 0.717) is 0 Å². The van der Waals surface area contributed by atoms with Crippen molar-refractivity contribution in [1.29, 1.82) is 0 Å². The number of hydrogen-bond acceptors (Lipinski definition) is 4. The third kappa shape index (κ3) is 3.28. The van der Waals surface area contributed by atoms with Crippen LogP contribution in [0.15, 0.2) is 11.4 Å². The van der Waals surface area contributed by atoms with E-state index in [9.17, 15) is 0 Å². The van der Waals surface area contributed by atoms with E-state index in [1.165, 1.54) is 23.5 Å². The van der Waals surface area contributed by atoms with E-state index in [-0.39, 0.29) is 0 Å². The molecular formula is C12H21N3S. The average molecular weight is 239 g/mol. The summed E-state index contributed by atoms with van der Waals surface area (Å²) in [5, 5.41) is 5.57. The third-order valence-corrected chi connectivity index (χ3v) is 4.04. The minimum atomic E-state index is 1.08. The van der Waals surface area contributed by atoms with E-state index in [1.54, 1.807) is 0 Å². The summed E-state index contributed by atoms with van der Waals surface area (Å²) in [7, 11) is 2.21. The highest BCUT2D eigenvalue weighted by molar-refractivity contribution is 7.10. The maximum Gasteiger partial charge on any atom is 0.0508 e. The maximum atomic E-state index is 3.38. The summed E-state index contributed by atoms with van der Waals surface area (Å²) >= 11 is 1.87. The molecule has 1 aliphatic rings. The summed E-state index contributed by atoms with van der Waals surface area (Å²) in [6, 6.07) is 2.21. The first kappa shape index (κ1) is 12.0. The first-order valence-corrected chi connectivity index (χ1v) is 6.78. The monoisotopic (exact) mass is 239 g/mol. The second-order valence-corrected chi connectivity index (χ2v) is 5.55. The standard InChI is InChI=1S/C12H21N3S/c1-11-3-8-16-12(11)9-14(2)10-15-6-4-13-5-7-15/h3,8,13H,4-7,9-10H2,1-2H3. The Morgan fingerprint density at radius 2 is 2.19 bits per heavy atom. The summed E-state index contributed by atoms with van der Waals surface area (Å²) < 4.78 is 0. The smallest absolute Gasteiger partial charge is 0.0508 e. The molecule has 2 rings (SSSR count). The molecule has 0 spiro atoms. The average Bonchev–Trinajstić information content (AvgIpc) is 2.66. The molecule has 4 heteroatoms. The molecule has 0 unspecified atom stereocenters. The van der Waals surface area contributed by atoms with Crippen molar-refractivity contribution in [3.8, 4) is 0 Å². The lowest BCUT2D eigenvalue weighted by Gasteiger charge is -2.31. The van der Waals surface area contributed by atoms with E-state index < -0.39 is 0 Å². The second-order valence-electron chi connectivity index (χ2n) is 4.55. The van der Waals surface area contributed by atoms with Gasteiger partial charge in [0, 0.05) is 37.6 Å². The minimum Gasteiger partial charge on any atom is -0.314 e. The molecule has 16 heavy (non-hydrogen) atoms. The lowest BCUT2D eigenvalue weighted by Crippen LogP contribution is -2.47. The van der Waals surface area contributed by atoms with Gasteiger partial charge in [0.2, 0.25) is 0 Å². The van der Waals surface area contributed by atoms with Crippen LogP contribution in [0.1, 0.15) is 10.4 Å². The SMILES string of the molecule is Cc1ccsc1CN(C)CN1CCNCC1. The zero-order chi connectivity index (χ0) is 11.4. The Labute approximate surface area is 102 Å². The van der Waals surface area contributed by atoms with Gasteiger partial charge in [-0.3, -0.25) is 9.80 Å². The molecule has 1 N–H and O–H groups in total.